The molecule has 0 aromatic carbocycles. The van der Waals surface area contributed by atoms with Gasteiger partial charge in [-0.3, -0.25) is 4.99 Å². The van der Waals surface area contributed by atoms with Crippen molar-refractivity contribution >= 4 is 17.3 Å². The van der Waals surface area contributed by atoms with Gasteiger partial charge in [-0.2, -0.15) is 13.2 Å². The smallest absolute Gasteiger partial charge is 0.356 e. The van der Waals surface area contributed by atoms with Crippen LogP contribution < -0.4 is 10.6 Å². The van der Waals surface area contributed by atoms with Crippen molar-refractivity contribution in [1.29, 1.82) is 0 Å². The Hall–Kier alpha value is -1.31. The van der Waals surface area contributed by atoms with Crippen LogP contribution in [0.25, 0.3) is 0 Å². The minimum atomic E-state index is -4.36. The van der Waals surface area contributed by atoms with Crippen molar-refractivity contribution in [2.45, 2.75) is 45.2 Å². The van der Waals surface area contributed by atoms with Crippen LogP contribution in [-0.2, 0) is 12.6 Å². The molecule has 1 heterocycles. The number of rotatable bonds is 5. The van der Waals surface area contributed by atoms with Gasteiger partial charge in [0.15, 0.2) is 11.7 Å². The number of alkyl halides is 3. The predicted molar refractivity (Wildman–Crippen MR) is 91.3 cm³/mol. The third-order valence-electron chi connectivity index (χ3n) is 4.30. The van der Waals surface area contributed by atoms with E-state index in [1.54, 1.807) is 7.05 Å². The summed E-state index contributed by atoms with van der Waals surface area (Å²) >= 11 is 1.04. The molecule has 4 nitrogen and oxygen atoms in total. The van der Waals surface area contributed by atoms with Crippen LogP contribution in [0.1, 0.15) is 43.3 Å². The lowest BCUT2D eigenvalue weighted by atomic mass is 9.82. The molecule has 1 saturated carbocycles. The first-order valence-corrected chi connectivity index (χ1v) is 9.22. The van der Waals surface area contributed by atoms with E-state index in [-0.39, 0.29) is 0 Å². The summed E-state index contributed by atoms with van der Waals surface area (Å²) < 4.78 is 37.5. The molecule has 136 valence electrons. The highest BCUT2D eigenvalue weighted by atomic mass is 32.1. The molecule has 0 saturated heterocycles. The van der Waals surface area contributed by atoms with Gasteiger partial charge in [0.1, 0.15) is 0 Å². The molecular weight excluding hydrogens is 337 g/mol. The summed E-state index contributed by atoms with van der Waals surface area (Å²) in [5.74, 6) is 2.15. The zero-order valence-electron chi connectivity index (χ0n) is 14.1. The molecule has 2 unspecified atom stereocenters. The first-order valence-electron chi connectivity index (χ1n) is 8.34. The van der Waals surface area contributed by atoms with Gasteiger partial charge in [0.25, 0.3) is 0 Å². The Morgan fingerprint density at radius 1 is 1.38 bits per heavy atom. The highest BCUT2D eigenvalue weighted by Gasteiger charge is 2.33. The van der Waals surface area contributed by atoms with E-state index in [1.807, 2.05) is 0 Å². The normalized spacial score (nSPS) is 22.5. The lowest BCUT2D eigenvalue weighted by molar-refractivity contribution is -0.140. The summed E-state index contributed by atoms with van der Waals surface area (Å²) in [6.07, 6.45) is 1.16. The summed E-state index contributed by atoms with van der Waals surface area (Å²) in [5.41, 5.74) is -0.809. The summed E-state index contributed by atoms with van der Waals surface area (Å²) in [7, 11) is 1.70. The number of thiazole rings is 1. The SMILES string of the molecule is CN=C(NCCc1nc(C(F)(F)F)cs1)NCC1CCCC(C)C1. The largest absolute Gasteiger partial charge is 0.434 e. The average molecular weight is 362 g/mol. The molecule has 0 spiro atoms. The van der Waals surface area contributed by atoms with Gasteiger partial charge in [-0.15, -0.1) is 11.3 Å². The Morgan fingerprint density at radius 3 is 2.79 bits per heavy atom. The van der Waals surface area contributed by atoms with Crippen LogP contribution in [0.5, 0.6) is 0 Å². The zero-order valence-corrected chi connectivity index (χ0v) is 14.9. The van der Waals surface area contributed by atoms with Gasteiger partial charge in [0, 0.05) is 31.9 Å². The lowest BCUT2D eigenvalue weighted by Crippen LogP contribution is -2.41. The van der Waals surface area contributed by atoms with Crippen LogP contribution >= 0.6 is 11.3 Å². The van der Waals surface area contributed by atoms with Crippen molar-refractivity contribution in [2.75, 3.05) is 20.1 Å². The molecule has 0 bridgehead atoms. The number of nitrogens with zero attached hydrogens (tertiary/aromatic N) is 2. The minimum Gasteiger partial charge on any atom is -0.356 e. The number of aromatic nitrogens is 1. The van der Waals surface area contributed by atoms with Crippen molar-refractivity contribution in [1.82, 2.24) is 15.6 Å². The van der Waals surface area contributed by atoms with Gasteiger partial charge < -0.3 is 10.6 Å². The fourth-order valence-electron chi connectivity index (χ4n) is 3.05. The molecule has 2 atom stereocenters. The molecule has 0 radical (unpaired) electrons. The van der Waals surface area contributed by atoms with E-state index in [2.05, 4.69) is 27.5 Å². The molecule has 1 aliphatic carbocycles. The second-order valence-electron chi connectivity index (χ2n) is 6.39. The first kappa shape index (κ1) is 19.0. The molecule has 2 rings (SSSR count). The van der Waals surface area contributed by atoms with Gasteiger partial charge in [0.05, 0.1) is 5.01 Å². The van der Waals surface area contributed by atoms with E-state index < -0.39 is 11.9 Å². The highest BCUT2D eigenvalue weighted by molar-refractivity contribution is 7.09. The second-order valence-corrected chi connectivity index (χ2v) is 7.33. The monoisotopic (exact) mass is 362 g/mol. The van der Waals surface area contributed by atoms with Gasteiger partial charge in [-0.25, -0.2) is 4.98 Å². The van der Waals surface area contributed by atoms with Gasteiger partial charge >= 0.3 is 6.18 Å². The Morgan fingerprint density at radius 2 is 2.17 bits per heavy atom. The van der Waals surface area contributed by atoms with E-state index in [0.717, 1.165) is 29.2 Å². The van der Waals surface area contributed by atoms with Crippen molar-refractivity contribution in [2.24, 2.45) is 16.8 Å². The maximum atomic E-state index is 12.5. The summed E-state index contributed by atoms with van der Waals surface area (Å²) in [4.78, 5) is 7.79. The molecule has 24 heavy (non-hydrogen) atoms. The molecule has 1 fully saturated rings. The van der Waals surface area contributed by atoms with E-state index in [1.165, 1.54) is 25.7 Å². The maximum absolute atomic E-state index is 12.5. The fourth-order valence-corrected chi connectivity index (χ4v) is 3.86. The standard InChI is InChI=1S/C16H25F3N4S/c1-11-4-3-5-12(8-11)9-22-15(20-2)21-7-6-14-23-13(10-24-14)16(17,18)19/h10-12H,3-9H2,1-2H3,(H2,20,21,22). The number of guanidine groups is 1. The molecule has 1 aromatic rings. The van der Waals surface area contributed by atoms with Crippen LogP contribution in [0.3, 0.4) is 0 Å². The number of nitrogens with one attached hydrogen (secondary N) is 2. The number of halogens is 3. The first-order chi connectivity index (χ1) is 11.4. The molecule has 1 aliphatic rings. The molecule has 1 aromatic heterocycles. The second kappa shape index (κ2) is 8.69. The fraction of sp³-hybridized carbons (Fsp3) is 0.750. The third kappa shape index (κ3) is 5.96. The molecule has 0 amide bonds. The van der Waals surface area contributed by atoms with Crippen LogP contribution in [0.15, 0.2) is 10.4 Å². The van der Waals surface area contributed by atoms with Gasteiger partial charge in [-0.1, -0.05) is 19.8 Å². The van der Waals surface area contributed by atoms with Crippen molar-refractivity contribution in [3.8, 4) is 0 Å². The van der Waals surface area contributed by atoms with E-state index in [9.17, 15) is 13.2 Å². The lowest BCUT2D eigenvalue weighted by Gasteiger charge is -2.27. The predicted octanol–water partition coefficient (Wildman–Crippen LogP) is 3.70. The molecule has 0 aliphatic heterocycles. The number of aliphatic imine (C=N–C) groups is 1. The number of hydrogen-bond donors (Lipinski definition) is 2. The van der Waals surface area contributed by atoms with Crippen molar-refractivity contribution in [3.63, 3.8) is 0 Å². The Labute approximate surface area is 145 Å². The zero-order chi connectivity index (χ0) is 17.6. The Kier molecular flexibility index (Phi) is 6.89. The van der Waals surface area contributed by atoms with E-state index >= 15 is 0 Å². The summed E-state index contributed by atoms with van der Waals surface area (Å²) in [5, 5.41) is 8.00. The van der Waals surface area contributed by atoms with Crippen molar-refractivity contribution < 1.29 is 13.2 Å². The van der Waals surface area contributed by atoms with E-state index in [4.69, 9.17) is 0 Å². The average Bonchev–Trinajstić information content (AvgIpc) is 3.00. The molecular formula is C16H25F3N4S. The number of hydrogen-bond acceptors (Lipinski definition) is 3. The molecule has 2 N–H and O–H groups in total. The van der Waals surface area contributed by atoms with Crippen LogP contribution in [-0.4, -0.2) is 31.1 Å². The topological polar surface area (TPSA) is 49.3 Å². The summed E-state index contributed by atoms with van der Waals surface area (Å²) in [6.45, 7) is 3.69. The van der Waals surface area contributed by atoms with Crippen molar-refractivity contribution in [3.05, 3.63) is 16.1 Å². The Balaban J connectivity index is 1.71. The maximum Gasteiger partial charge on any atom is 0.434 e. The minimum absolute atomic E-state index is 0.446. The highest BCUT2D eigenvalue weighted by Crippen LogP contribution is 2.30. The third-order valence-corrected chi connectivity index (χ3v) is 5.21. The van der Waals surface area contributed by atoms with Crippen LogP contribution in [0.4, 0.5) is 13.2 Å². The van der Waals surface area contributed by atoms with E-state index in [0.29, 0.717) is 29.9 Å². The van der Waals surface area contributed by atoms with Crippen LogP contribution in [0.2, 0.25) is 0 Å². The quantitative estimate of drug-likeness (QED) is 0.620. The molecule has 8 heteroatoms. The van der Waals surface area contributed by atoms with Gasteiger partial charge in [-0.05, 0) is 24.7 Å². The Bertz CT molecular complexity index is 542. The summed E-state index contributed by atoms with van der Waals surface area (Å²) in [6, 6.07) is 0. The van der Waals surface area contributed by atoms with Crippen LogP contribution in [0, 0.1) is 11.8 Å². The van der Waals surface area contributed by atoms with Gasteiger partial charge in [0.2, 0.25) is 0 Å².